The molecule has 0 bridgehead atoms. The van der Waals surface area contributed by atoms with Crippen molar-refractivity contribution in [2.24, 2.45) is 5.41 Å². The third-order valence-electron chi connectivity index (χ3n) is 4.61. The first-order chi connectivity index (χ1) is 13.4. The molecule has 0 aliphatic heterocycles. The summed E-state index contributed by atoms with van der Waals surface area (Å²) in [5.41, 5.74) is 0.379. The Labute approximate surface area is 172 Å². The number of carbonyl (C=O) groups is 1. The van der Waals surface area contributed by atoms with E-state index in [0.717, 1.165) is 36.2 Å². The summed E-state index contributed by atoms with van der Waals surface area (Å²) in [6.45, 7) is 10.1. The Hall–Kier alpha value is -2.41. The molecule has 0 fully saturated rings. The van der Waals surface area contributed by atoms with Crippen molar-refractivity contribution in [3.05, 3.63) is 59.9 Å². The lowest BCUT2D eigenvalue weighted by molar-refractivity contribution is -0.142. The molecule has 0 saturated carbocycles. The first-order valence-electron chi connectivity index (χ1n) is 9.54. The molecule has 0 aliphatic rings. The normalized spacial score (nSPS) is 13.0. The summed E-state index contributed by atoms with van der Waals surface area (Å²) in [6, 6.07) is 11.1. The highest BCUT2D eigenvalue weighted by Gasteiger charge is 2.29. The lowest BCUT2D eigenvalue weighted by Crippen LogP contribution is -2.44. The third kappa shape index (κ3) is 6.03. The number of halogens is 1. The molecule has 5 nitrogen and oxygen atoms in total. The standard InChI is InChI=1S/C22H28FNO4S/c1-6-16(2)24(21(25)22(3,4)5)15-17-7-11-19(12-8-17)28-29(26,27)20-13-9-18(23)10-14-20/h7-14,16H,6,15H2,1-5H3. The number of benzene rings is 2. The van der Waals surface area contributed by atoms with Gasteiger partial charge < -0.3 is 9.08 Å². The highest BCUT2D eigenvalue weighted by atomic mass is 32.2. The topological polar surface area (TPSA) is 63.7 Å². The summed E-state index contributed by atoms with van der Waals surface area (Å²) in [6.07, 6.45) is 0.832. The molecule has 2 aromatic rings. The second-order valence-corrected chi connectivity index (χ2v) is 9.62. The van der Waals surface area contributed by atoms with Gasteiger partial charge in [-0.2, -0.15) is 8.42 Å². The van der Waals surface area contributed by atoms with E-state index in [0.29, 0.717) is 6.54 Å². The van der Waals surface area contributed by atoms with Crippen molar-refractivity contribution < 1.29 is 21.8 Å². The van der Waals surface area contributed by atoms with Crippen molar-refractivity contribution in [2.45, 2.75) is 58.5 Å². The van der Waals surface area contributed by atoms with Gasteiger partial charge in [-0.05, 0) is 55.3 Å². The van der Waals surface area contributed by atoms with Gasteiger partial charge in [0.25, 0.3) is 0 Å². The maximum Gasteiger partial charge on any atom is 0.339 e. The summed E-state index contributed by atoms with van der Waals surface area (Å²) >= 11 is 0. The molecule has 1 unspecified atom stereocenters. The molecule has 2 rings (SSSR count). The Morgan fingerprint density at radius 2 is 1.62 bits per heavy atom. The van der Waals surface area contributed by atoms with Crippen LogP contribution in [-0.2, 0) is 21.5 Å². The lowest BCUT2D eigenvalue weighted by atomic mass is 9.93. The fraction of sp³-hybridized carbons (Fsp3) is 0.409. The predicted octanol–water partition coefficient (Wildman–Crippen LogP) is 4.77. The number of carbonyl (C=O) groups excluding carboxylic acids is 1. The minimum absolute atomic E-state index is 0.0612. The zero-order valence-corrected chi connectivity index (χ0v) is 18.3. The second-order valence-electron chi connectivity index (χ2n) is 8.08. The van der Waals surface area contributed by atoms with Crippen LogP contribution in [0.25, 0.3) is 0 Å². The van der Waals surface area contributed by atoms with E-state index in [1.54, 1.807) is 24.3 Å². The van der Waals surface area contributed by atoms with E-state index in [-0.39, 0.29) is 22.6 Å². The van der Waals surface area contributed by atoms with Crippen LogP contribution >= 0.6 is 0 Å². The average molecular weight is 422 g/mol. The van der Waals surface area contributed by atoms with Crippen molar-refractivity contribution in [2.75, 3.05) is 0 Å². The molecule has 0 heterocycles. The van der Waals surface area contributed by atoms with E-state index >= 15 is 0 Å². The van der Waals surface area contributed by atoms with E-state index < -0.39 is 21.4 Å². The molecule has 0 saturated heterocycles. The van der Waals surface area contributed by atoms with Crippen LogP contribution in [-0.4, -0.2) is 25.3 Å². The van der Waals surface area contributed by atoms with Crippen LogP contribution in [0.4, 0.5) is 4.39 Å². The number of hydrogen-bond donors (Lipinski definition) is 0. The molecular formula is C22H28FNO4S. The molecule has 0 radical (unpaired) electrons. The molecule has 0 aromatic heterocycles. The molecule has 1 amide bonds. The first-order valence-corrected chi connectivity index (χ1v) is 10.9. The van der Waals surface area contributed by atoms with Gasteiger partial charge in [0.2, 0.25) is 5.91 Å². The maximum atomic E-state index is 13.0. The quantitative estimate of drug-likeness (QED) is 0.604. The molecule has 158 valence electrons. The van der Waals surface area contributed by atoms with Crippen molar-refractivity contribution >= 4 is 16.0 Å². The SMILES string of the molecule is CCC(C)N(Cc1ccc(OS(=O)(=O)c2ccc(F)cc2)cc1)C(=O)C(C)(C)C. The van der Waals surface area contributed by atoms with Crippen LogP contribution in [0.1, 0.15) is 46.6 Å². The van der Waals surface area contributed by atoms with Crippen LogP contribution in [0.3, 0.4) is 0 Å². The van der Waals surface area contributed by atoms with Crippen molar-refractivity contribution in [1.82, 2.24) is 4.90 Å². The molecule has 7 heteroatoms. The van der Waals surface area contributed by atoms with Gasteiger partial charge in [0.15, 0.2) is 0 Å². The van der Waals surface area contributed by atoms with Gasteiger partial charge in [0.05, 0.1) is 0 Å². The van der Waals surface area contributed by atoms with Crippen LogP contribution < -0.4 is 4.18 Å². The number of nitrogens with zero attached hydrogens (tertiary/aromatic N) is 1. The van der Waals surface area contributed by atoms with Crippen LogP contribution in [0, 0.1) is 11.2 Å². The predicted molar refractivity (Wildman–Crippen MR) is 110 cm³/mol. The number of amides is 1. The van der Waals surface area contributed by atoms with E-state index in [9.17, 15) is 17.6 Å². The van der Waals surface area contributed by atoms with Gasteiger partial charge >= 0.3 is 10.1 Å². The largest absolute Gasteiger partial charge is 0.379 e. The summed E-state index contributed by atoms with van der Waals surface area (Å²) in [5.74, 6) is -0.314. The van der Waals surface area contributed by atoms with Crippen molar-refractivity contribution in [3.63, 3.8) is 0 Å². The minimum atomic E-state index is -4.05. The third-order valence-corrected chi connectivity index (χ3v) is 5.87. The monoisotopic (exact) mass is 421 g/mol. The van der Waals surface area contributed by atoms with E-state index in [4.69, 9.17) is 4.18 Å². The number of rotatable bonds is 7. The van der Waals surface area contributed by atoms with Crippen LogP contribution in [0.2, 0.25) is 0 Å². The Morgan fingerprint density at radius 3 is 2.10 bits per heavy atom. The Bertz CT molecular complexity index is 932. The minimum Gasteiger partial charge on any atom is -0.379 e. The van der Waals surface area contributed by atoms with Crippen LogP contribution in [0.15, 0.2) is 53.4 Å². The molecule has 0 spiro atoms. The summed E-state index contributed by atoms with van der Waals surface area (Å²) in [5, 5.41) is 0. The molecular weight excluding hydrogens is 393 g/mol. The Balaban J connectivity index is 2.16. The Kier molecular flexibility index (Phi) is 7.06. The average Bonchev–Trinajstić information content (AvgIpc) is 2.65. The van der Waals surface area contributed by atoms with Crippen molar-refractivity contribution in [3.8, 4) is 5.75 Å². The van der Waals surface area contributed by atoms with E-state index in [2.05, 4.69) is 0 Å². The van der Waals surface area contributed by atoms with E-state index in [1.807, 2.05) is 39.5 Å². The fourth-order valence-corrected chi connectivity index (χ4v) is 3.63. The second kappa shape index (κ2) is 8.95. The fourth-order valence-electron chi connectivity index (χ4n) is 2.70. The molecule has 0 N–H and O–H groups in total. The van der Waals surface area contributed by atoms with Gasteiger partial charge in [-0.25, -0.2) is 4.39 Å². The van der Waals surface area contributed by atoms with E-state index in [1.165, 1.54) is 0 Å². The Morgan fingerprint density at radius 1 is 1.07 bits per heavy atom. The maximum absolute atomic E-state index is 13.0. The van der Waals surface area contributed by atoms with Crippen molar-refractivity contribution in [1.29, 1.82) is 0 Å². The zero-order chi connectivity index (χ0) is 21.8. The molecule has 1 atom stereocenters. The van der Waals surface area contributed by atoms with Gasteiger partial charge in [0, 0.05) is 18.0 Å². The summed E-state index contributed by atoms with van der Waals surface area (Å²) in [7, 11) is -4.05. The summed E-state index contributed by atoms with van der Waals surface area (Å²) < 4.78 is 42.7. The smallest absolute Gasteiger partial charge is 0.339 e. The number of hydrogen-bond acceptors (Lipinski definition) is 4. The highest BCUT2D eigenvalue weighted by molar-refractivity contribution is 7.87. The van der Waals surface area contributed by atoms with Gasteiger partial charge in [0.1, 0.15) is 16.5 Å². The van der Waals surface area contributed by atoms with Crippen LogP contribution in [0.5, 0.6) is 5.75 Å². The highest BCUT2D eigenvalue weighted by Crippen LogP contribution is 2.24. The van der Waals surface area contributed by atoms with Gasteiger partial charge in [-0.1, -0.05) is 39.8 Å². The molecule has 0 aliphatic carbocycles. The van der Waals surface area contributed by atoms with Gasteiger partial charge in [-0.3, -0.25) is 4.79 Å². The summed E-state index contributed by atoms with van der Waals surface area (Å²) in [4.78, 5) is 14.5. The van der Waals surface area contributed by atoms with Gasteiger partial charge in [-0.15, -0.1) is 0 Å². The lowest BCUT2D eigenvalue weighted by Gasteiger charge is -2.34. The first kappa shape index (κ1) is 22.9. The molecule has 29 heavy (non-hydrogen) atoms. The zero-order valence-electron chi connectivity index (χ0n) is 17.5. The molecule has 2 aromatic carbocycles.